The van der Waals surface area contributed by atoms with Crippen LogP contribution in [0.25, 0.3) is 0 Å². The predicted octanol–water partition coefficient (Wildman–Crippen LogP) is 2.09. The molecule has 4 nitrogen and oxygen atoms in total. The van der Waals surface area contributed by atoms with Crippen LogP contribution < -0.4 is 5.56 Å². The lowest BCUT2D eigenvalue weighted by atomic mass is 10.2. The minimum Gasteiger partial charge on any atom is -0.462 e. The number of hydrogen-bond donors (Lipinski definition) is 1. The van der Waals surface area contributed by atoms with E-state index in [0.29, 0.717) is 0 Å². The Balaban J connectivity index is 3.29. The predicted molar refractivity (Wildman–Crippen MR) is 60.7 cm³/mol. The maximum absolute atomic E-state index is 12.5. The molecule has 88 valence electrons. The summed E-state index contributed by atoms with van der Waals surface area (Å²) < 4.78 is 29.7. The summed E-state index contributed by atoms with van der Waals surface area (Å²) in [4.78, 5) is 24.6. The second kappa shape index (κ2) is 5.37. The number of alkyl halides is 2. The van der Waals surface area contributed by atoms with Gasteiger partial charge >= 0.3 is 5.97 Å². The van der Waals surface area contributed by atoms with Crippen LogP contribution in [0.2, 0.25) is 0 Å². The number of aromatic nitrogens is 1. The van der Waals surface area contributed by atoms with E-state index in [4.69, 9.17) is 0 Å². The third-order valence-corrected chi connectivity index (χ3v) is 2.94. The normalized spacial score (nSPS) is 10.6. The summed E-state index contributed by atoms with van der Waals surface area (Å²) in [5.74, 6) is -0.731. The Morgan fingerprint density at radius 2 is 2.25 bits per heavy atom. The van der Waals surface area contributed by atoms with Crippen molar-refractivity contribution in [3.63, 3.8) is 0 Å². The molecule has 0 aromatic carbocycles. The largest absolute Gasteiger partial charge is 0.462 e. The number of ether oxygens (including phenoxy) is 1. The highest BCUT2D eigenvalue weighted by atomic mass is 127. The van der Waals surface area contributed by atoms with Gasteiger partial charge in [-0.25, -0.2) is 13.6 Å². The van der Waals surface area contributed by atoms with Crippen LogP contribution >= 0.6 is 22.6 Å². The van der Waals surface area contributed by atoms with E-state index in [1.165, 1.54) is 22.6 Å². The number of hydrogen-bond acceptors (Lipinski definition) is 3. The van der Waals surface area contributed by atoms with Crippen molar-refractivity contribution in [2.75, 3.05) is 6.61 Å². The summed E-state index contributed by atoms with van der Waals surface area (Å²) in [7, 11) is 0. The van der Waals surface area contributed by atoms with Crippen molar-refractivity contribution in [3.05, 3.63) is 31.2 Å². The molecular weight excluding hydrogens is 335 g/mol. The zero-order valence-corrected chi connectivity index (χ0v) is 10.4. The Hall–Kier alpha value is -0.990. The number of aromatic amines is 1. The average Bonchev–Trinajstić information content (AvgIpc) is 2.17. The second-order valence-electron chi connectivity index (χ2n) is 2.78. The quantitative estimate of drug-likeness (QED) is 0.676. The van der Waals surface area contributed by atoms with Crippen LogP contribution in [-0.4, -0.2) is 17.6 Å². The molecule has 0 aliphatic carbocycles. The molecule has 1 rings (SSSR count). The number of pyridine rings is 1. The van der Waals surface area contributed by atoms with Crippen LogP contribution in [0, 0.1) is 3.57 Å². The summed E-state index contributed by atoms with van der Waals surface area (Å²) in [5, 5.41) is 0. The zero-order valence-electron chi connectivity index (χ0n) is 8.22. The van der Waals surface area contributed by atoms with Crippen LogP contribution in [0.4, 0.5) is 8.78 Å². The molecule has 16 heavy (non-hydrogen) atoms. The molecule has 0 unspecified atom stereocenters. The summed E-state index contributed by atoms with van der Waals surface area (Å²) in [6.45, 7) is 1.74. The van der Waals surface area contributed by atoms with Gasteiger partial charge in [-0.2, -0.15) is 0 Å². The van der Waals surface area contributed by atoms with E-state index >= 15 is 0 Å². The Kier molecular flexibility index (Phi) is 4.39. The molecule has 1 aromatic rings. The molecule has 0 fully saturated rings. The molecule has 1 aromatic heterocycles. The minimum atomic E-state index is -2.93. The van der Waals surface area contributed by atoms with E-state index in [-0.39, 0.29) is 15.7 Å². The smallest absolute Gasteiger partial charge is 0.340 e. The Labute approximate surface area is 103 Å². The van der Waals surface area contributed by atoms with Crippen molar-refractivity contribution in [1.29, 1.82) is 0 Å². The van der Waals surface area contributed by atoms with E-state index in [1.54, 1.807) is 6.92 Å². The SMILES string of the molecule is CCOC(=O)c1c[nH]c(=O)c(C(F)F)c1I. The molecule has 0 atom stereocenters. The van der Waals surface area contributed by atoms with Crippen LogP contribution in [0.15, 0.2) is 11.0 Å². The third kappa shape index (κ3) is 2.57. The van der Waals surface area contributed by atoms with Gasteiger partial charge in [-0.05, 0) is 29.5 Å². The molecule has 0 bridgehead atoms. The number of nitrogens with one attached hydrogen (secondary N) is 1. The topological polar surface area (TPSA) is 59.2 Å². The van der Waals surface area contributed by atoms with Gasteiger partial charge in [0, 0.05) is 9.77 Å². The average molecular weight is 343 g/mol. The monoisotopic (exact) mass is 343 g/mol. The molecule has 0 amide bonds. The number of halogens is 3. The van der Waals surface area contributed by atoms with Gasteiger partial charge in [-0.15, -0.1) is 0 Å². The Bertz CT molecular complexity index is 459. The molecule has 1 N–H and O–H groups in total. The van der Waals surface area contributed by atoms with Gasteiger partial charge in [0.2, 0.25) is 0 Å². The van der Waals surface area contributed by atoms with Crippen molar-refractivity contribution in [2.45, 2.75) is 13.3 Å². The highest BCUT2D eigenvalue weighted by Gasteiger charge is 2.22. The van der Waals surface area contributed by atoms with Crippen molar-refractivity contribution in [3.8, 4) is 0 Å². The summed E-state index contributed by atoms with van der Waals surface area (Å²) in [5.41, 5.74) is -1.66. The molecule has 0 spiro atoms. The highest BCUT2D eigenvalue weighted by Crippen LogP contribution is 2.23. The lowest BCUT2D eigenvalue weighted by Gasteiger charge is -2.07. The molecule has 7 heteroatoms. The van der Waals surface area contributed by atoms with Gasteiger partial charge in [0.25, 0.3) is 12.0 Å². The van der Waals surface area contributed by atoms with Crippen molar-refractivity contribution in [1.82, 2.24) is 4.98 Å². The van der Waals surface area contributed by atoms with E-state index in [9.17, 15) is 18.4 Å². The minimum absolute atomic E-state index is 0.0580. The summed E-state index contributed by atoms with van der Waals surface area (Å²) in [6, 6.07) is 0. The Morgan fingerprint density at radius 3 is 2.75 bits per heavy atom. The zero-order chi connectivity index (χ0) is 12.3. The standard InChI is InChI=1S/C9H8F2INO3/c1-2-16-9(15)4-3-13-8(14)5(6(4)12)7(10)11/h3,7H,2H2,1H3,(H,13,14). The summed E-state index contributed by atoms with van der Waals surface area (Å²) in [6.07, 6.45) is -1.85. The first-order chi connectivity index (χ1) is 7.49. The van der Waals surface area contributed by atoms with E-state index in [2.05, 4.69) is 9.72 Å². The van der Waals surface area contributed by atoms with Gasteiger partial charge in [0.15, 0.2) is 0 Å². The highest BCUT2D eigenvalue weighted by molar-refractivity contribution is 14.1. The molecule has 0 radical (unpaired) electrons. The maximum atomic E-state index is 12.5. The number of carbonyl (C=O) groups excluding carboxylic acids is 1. The van der Waals surface area contributed by atoms with Crippen LogP contribution in [0.1, 0.15) is 29.3 Å². The first-order valence-corrected chi connectivity index (χ1v) is 5.43. The lowest BCUT2D eigenvalue weighted by molar-refractivity contribution is 0.0524. The van der Waals surface area contributed by atoms with Gasteiger partial charge in [0.05, 0.1) is 17.7 Å². The Morgan fingerprint density at radius 1 is 1.62 bits per heavy atom. The van der Waals surface area contributed by atoms with Crippen molar-refractivity contribution >= 4 is 28.6 Å². The fraction of sp³-hybridized carbons (Fsp3) is 0.333. The fourth-order valence-corrected chi connectivity index (χ4v) is 1.93. The van der Waals surface area contributed by atoms with Crippen molar-refractivity contribution in [2.24, 2.45) is 0 Å². The third-order valence-electron chi connectivity index (χ3n) is 1.78. The van der Waals surface area contributed by atoms with Crippen LogP contribution in [0.5, 0.6) is 0 Å². The fourth-order valence-electron chi connectivity index (χ4n) is 1.08. The number of carbonyl (C=O) groups is 1. The molecular formula is C9H8F2INO3. The van der Waals surface area contributed by atoms with E-state index in [1.807, 2.05) is 0 Å². The van der Waals surface area contributed by atoms with E-state index < -0.39 is 23.5 Å². The van der Waals surface area contributed by atoms with Crippen LogP contribution in [0.3, 0.4) is 0 Å². The van der Waals surface area contributed by atoms with Gasteiger partial charge in [0.1, 0.15) is 0 Å². The first-order valence-electron chi connectivity index (χ1n) is 4.35. The number of esters is 1. The van der Waals surface area contributed by atoms with Crippen molar-refractivity contribution < 1.29 is 18.3 Å². The first kappa shape index (κ1) is 13.1. The molecule has 0 aliphatic heterocycles. The van der Waals surface area contributed by atoms with Gasteiger partial charge in [-0.3, -0.25) is 4.79 Å². The summed E-state index contributed by atoms with van der Waals surface area (Å²) >= 11 is 1.54. The molecule has 0 aliphatic rings. The molecule has 1 heterocycles. The lowest BCUT2D eigenvalue weighted by Crippen LogP contribution is -2.19. The molecule has 0 saturated heterocycles. The maximum Gasteiger partial charge on any atom is 0.340 e. The van der Waals surface area contributed by atoms with E-state index in [0.717, 1.165) is 6.20 Å². The van der Waals surface area contributed by atoms with Gasteiger partial charge in [-0.1, -0.05) is 0 Å². The number of H-pyrrole nitrogens is 1. The van der Waals surface area contributed by atoms with Gasteiger partial charge < -0.3 is 9.72 Å². The number of rotatable bonds is 3. The molecule has 0 saturated carbocycles. The van der Waals surface area contributed by atoms with Crippen LogP contribution in [-0.2, 0) is 4.74 Å². The second-order valence-corrected chi connectivity index (χ2v) is 3.86.